The van der Waals surface area contributed by atoms with Crippen LogP contribution in [0.15, 0.2) is 0 Å². The van der Waals surface area contributed by atoms with Gasteiger partial charge in [-0.25, -0.2) is 0 Å². The van der Waals surface area contributed by atoms with Gasteiger partial charge in [-0.15, -0.1) is 0 Å². The minimum Gasteiger partial charge on any atom is -0.377 e. The summed E-state index contributed by atoms with van der Waals surface area (Å²) in [5.74, 6) is 0.779. The Morgan fingerprint density at radius 3 is 2.07 bits per heavy atom. The number of hydrogen-bond acceptors (Lipinski definition) is 4. The minimum absolute atomic E-state index is 0.568. The number of rotatable bonds is 6. The van der Waals surface area contributed by atoms with Crippen molar-refractivity contribution in [3.05, 3.63) is 0 Å². The van der Waals surface area contributed by atoms with Gasteiger partial charge in [0.15, 0.2) is 0 Å². The highest BCUT2D eigenvalue weighted by Gasteiger charge is 2.48. The first-order chi connectivity index (χ1) is 7.23. The van der Waals surface area contributed by atoms with Gasteiger partial charge in [-0.2, -0.15) is 0 Å². The van der Waals surface area contributed by atoms with Gasteiger partial charge in [0.25, 0.3) is 0 Å². The first-order valence-electron chi connectivity index (χ1n) is 5.54. The molecule has 2 atom stereocenters. The molecule has 1 saturated heterocycles. The fourth-order valence-electron chi connectivity index (χ4n) is 2.52. The molecule has 0 aromatic carbocycles. The largest absolute Gasteiger partial charge is 0.500 e. The number of fused-ring (bicyclic) bond motifs is 1. The minimum atomic E-state index is -2.33. The fourth-order valence-corrected chi connectivity index (χ4v) is 4.39. The van der Waals surface area contributed by atoms with Gasteiger partial charge in [-0.3, -0.25) is 0 Å². The third kappa shape index (κ3) is 2.42. The van der Waals surface area contributed by atoms with Crippen molar-refractivity contribution in [1.82, 2.24) is 0 Å². The Morgan fingerprint density at radius 1 is 1.07 bits per heavy atom. The smallest absolute Gasteiger partial charge is 0.377 e. The standard InChI is InChI=1S/C10H20O4Si/c1-11-15(12-2,13-3)5-4-8-6-9-10(7-8)14-9/h8-10H,4-7H2,1-3H3. The second kappa shape index (κ2) is 4.51. The molecule has 1 aliphatic carbocycles. The molecule has 0 N–H and O–H groups in total. The zero-order valence-electron chi connectivity index (χ0n) is 9.69. The highest BCUT2D eigenvalue weighted by Crippen LogP contribution is 2.44. The van der Waals surface area contributed by atoms with E-state index >= 15 is 0 Å². The summed E-state index contributed by atoms with van der Waals surface area (Å²) in [5.41, 5.74) is 0. The Kier molecular flexibility index (Phi) is 3.47. The van der Waals surface area contributed by atoms with E-state index in [1.807, 2.05) is 0 Å². The van der Waals surface area contributed by atoms with Crippen LogP contribution in [-0.2, 0) is 18.0 Å². The maximum Gasteiger partial charge on any atom is 0.500 e. The third-order valence-corrected chi connectivity index (χ3v) is 6.38. The molecular formula is C10H20O4Si. The zero-order valence-corrected chi connectivity index (χ0v) is 10.7. The van der Waals surface area contributed by atoms with Crippen LogP contribution in [0.4, 0.5) is 0 Å². The van der Waals surface area contributed by atoms with Crippen molar-refractivity contribution in [3.8, 4) is 0 Å². The van der Waals surface area contributed by atoms with Gasteiger partial charge in [0.05, 0.1) is 12.2 Å². The summed E-state index contributed by atoms with van der Waals surface area (Å²) >= 11 is 0. The molecule has 0 radical (unpaired) electrons. The second-order valence-electron chi connectivity index (χ2n) is 4.38. The molecule has 2 aliphatic rings. The molecule has 2 rings (SSSR count). The second-order valence-corrected chi connectivity index (χ2v) is 7.48. The SMILES string of the molecule is CO[Si](CCC1CC2OC2C1)(OC)OC. The molecule has 1 aliphatic heterocycles. The molecular weight excluding hydrogens is 212 g/mol. The zero-order chi connectivity index (χ0) is 10.9. The average molecular weight is 232 g/mol. The highest BCUT2D eigenvalue weighted by molar-refractivity contribution is 6.60. The van der Waals surface area contributed by atoms with E-state index < -0.39 is 8.80 Å². The van der Waals surface area contributed by atoms with Crippen LogP contribution in [0.3, 0.4) is 0 Å². The summed E-state index contributed by atoms with van der Waals surface area (Å²) in [5, 5.41) is 0. The van der Waals surface area contributed by atoms with Crippen molar-refractivity contribution in [2.75, 3.05) is 21.3 Å². The molecule has 5 heteroatoms. The molecule has 4 nitrogen and oxygen atoms in total. The van der Waals surface area contributed by atoms with Crippen LogP contribution in [0.25, 0.3) is 0 Å². The summed E-state index contributed by atoms with van der Waals surface area (Å²) in [6, 6.07) is 0.917. The summed E-state index contributed by atoms with van der Waals surface area (Å²) < 4.78 is 21.6. The van der Waals surface area contributed by atoms with E-state index in [2.05, 4.69) is 0 Å². The summed E-state index contributed by atoms with van der Waals surface area (Å²) in [6.45, 7) is 0. The molecule has 1 saturated carbocycles. The van der Waals surface area contributed by atoms with Gasteiger partial charge in [-0.05, 0) is 25.2 Å². The van der Waals surface area contributed by atoms with Gasteiger partial charge in [-0.1, -0.05) is 0 Å². The van der Waals surface area contributed by atoms with Gasteiger partial charge in [0.2, 0.25) is 0 Å². The third-order valence-electron chi connectivity index (χ3n) is 3.61. The Hall–Kier alpha value is 0.0569. The van der Waals surface area contributed by atoms with Crippen LogP contribution in [0, 0.1) is 5.92 Å². The molecule has 0 aromatic rings. The quantitative estimate of drug-likeness (QED) is 0.513. The van der Waals surface area contributed by atoms with Crippen molar-refractivity contribution < 1.29 is 18.0 Å². The maximum atomic E-state index is 5.41. The van der Waals surface area contributed by atoms with Crippen molar-refractivity contribution >= 4 is 8.80 Å². The predicted octanol–water partition coefficient (Wildman–Crippen LogP) is 1.43. The highest BCUT2D eigenvalue weighted by atomic mass is 28.4. The number of ether oxygens (including phenoxy) is 1. The molecule has 0 aromatic heterocycles. The van der Waals surface area contributed by atoms with Crippen molar-refractivity contribution in [3.63, 3.8) is 0 Å². The van der Waals surface area contributed by atoms with E-state index in [4.69, 9.17) is 18.0 Å². The molecule has 1 heterocycles. The fraction of sp³-hybridized carbons (Fsp3) is 1.00. The topological polar surface area (TPSA) is 40.2 Å². The van der Waals surface area contributed by atoms with E-state index in [9.17, 15) is 0 Å². The molecule has 88 valence electrons. The van der Waals surface area contributed by atoms with Crippen molar-refractivity contribution in [1.29, 1.82) is 0 Å². The van der Waals surface area contributed by atoms with E-state index in [-0.39, 0.29) is 0 Å². The molecule has 2 unspecified atom stereocenters. The van der Waals surface area contributed by atoms with Gasteiger partial charge in [0, 0.05) is 27.4 Å². The van der Waals surface area contributed by atoms with Crippen LogP contribution in [0.1, 0.15) is 19.3 Å². The Labute approximate surface area is 92.2 Å². The monoisotopic (exact) mass is 232 g/mol. The molecule has 0 amide bonds. The first-order valence-corrected chi connectivity index (χ1v) is 7.47. The van der Waals surface area contributed by atoms with E-state index in [0.717, 1.165) is 18.4 Å². The number of hydrogen-bond donors (Lipinski definition) is 0. The van der Waals surface area contributed by atoms with Crippen LogP contribution in [0.5, 0.6) is 0 Å². The Morgan fingerprint density at radius 2 is 1.60 bits per heavy atom. The Balaban J connectivity index is 1.75. The van der Waals surface area contributed by atoms with E-state index in [1.165, 1.54) is 12.8 Å². The molecule has 2 fully saturated rings. The van der Waals surface area contributed by atoms with Crippen LogP contribution >= 0.6 is 0 Å². The summed E-state index contributed by atoms with van der Waals surface area (Å²) in [6.07, 6.45) is 4.70. The lowest BCUT2D eigenvalue weighted by Gasteiger charge is -2.25. The molecule has 15 heavy (non-hydrogen) atoms. The van der Waals surface area contributed by atoms with Crippen molar-refractivity contribution in [2.45, 2.75) is 37.5 Å². The van der Waals surface area contributed by atoms with Gasteiger partial charge >= 0.3 is 8.80 Å². The molecule has 0 bridgehead atoms. The lowest BCUT2D eigenvalue weighted by Crippen LogP contribution is -2.42. The number of epoxide rings is 1. The van der Waals surface area contributed by atoms with Gasteiger partial charge < -0.3 is 18.0 Å². The van der Waals surface area contributed by atoms with E-state index in [1.54, 1.807) is 21.3 Å². The summed E-state index contributed by atoms with van der Waals surface area (Å²) in [4.78, 5) is 0. The lowest BCUT2D eigenvalue weighted by molar-refractivity contribution is 0.120. The van der Waals surface area contributed by atoms with Crippen LogP contribution < -0.4 is 0 Å². The van der Waals surface area contributed by atoms with Crippen LogP contribution in [-0.4, -0.2) is 42.3 Å². The maximum absolute atomic E-state index is 5.41. The first kappa shape index (κ1) is 11.5. The predicted molar refractivity (Wildman–Crippen MR) is 57.6 cm³/mol. The normalized spacial score (nSPS) is 34.2. The molecule has 0 spiro atoms. The van der Waals surface area contributed by atoms with Crippen molar-refractivity contribution in [2.24, 2.45) is 5.92 Å². The van der Waals surface area contributed by atoms with Gasteiger partial charge in [0.1, 0.15) is 0 Å². The average Bonchev–Trinajstić information content (AvgIpc) is 2.89. The lowest BCUT2D eigenvalue weighted by atomic mass is 10.1. The van der Waals surface area contributed by atoms with E-state index in [0.29, 0.717) is 12.2 Å². The van der Waals surface area contributed by atoms with Crippen LogP contribution in [0.2, 0.25) is 6.04 Å². The Bertz CT molecular complexity index is 201. The summed E-state index contributed by atoms with van der Waals surface area (Å²) in [7, 11) is 2.69.